The first-order chi connectivity index (χ1) is 25.4. The molecule has 250 valence electrons. The minimum absolute atomic E-state index is 0.612. The zero-order valence-corrected chi connectivity index (χ0v) is 29.7. The van der Waals surface area contributed by atoms with Gasteiger partial charge in [0.25, 0.3) is 0 Å². The highest BCUT2D eigenvalue weighted by atomic mass is 15.0. The summed E-state index contributed by atoms with van der Waals surface area (Å²) in [5.74, 6) is 2.60. The molecule has 0 spiro atoms. The van der Waals surface area contributed by atoms with Crippen LogP contribution in [0.4, 0.5) is 0 Å². The summed E-state index contributed by atoms with van der Waals surface area (Å²) in [6.45, 7) is 8.27. The maximum absolute atomic E-state index is 5.13. The molecule has 0 saturated heterocycles. The van der Waals surface area contributed by atoms with Crippen molar-refractivity contribution < 1.29 is 0 Å². The molecular weight excluding hydrogens is 635 g/mol. The number of benzene rings is 6. The third-order valence-corrected chi connectivity index (χ3v) is 9.27. The minimum atomic E-state index is 0.612. The summed E-state index contributed by atoms with van der Waals surface area (Å²) in [5.41, 5.74) is 12.5. The normalized spacial score (nSPS) is 11.4. The Labute approximate surface area is 304 Å². The molecule has 0 unspecified atom stereocenters. The van der Waals surface area contributed by atoms with Crippen molar-refractivity contribution in [2.45, 2.75) is 27.7 Å². The van der Waals surface area contributed by atoms with Crippen LogP contribution in [0, 0.1) is 20.8 Å². The van der Waals surface area contributed by atoms with Crippen LogP contribution < -0.4 is 0 Å². The molecule has 5 heteroatoms. The second kappa shape index (κ2) is 14.0. The molecule has 2 aromatic heterocycles. The molecule has 0 aliphatic carbocycles. The fourth-order valence-electron chi connectivity index (χ4n) is 6.87. The number of rotatable bonds is 7. The lowest BCUT2D eigenvalue weighted by molar-refractivity contribution is 1.06. The molecule has 0 amide bonds. The van der Waals surface area contributed by atoms with E-state index in [1.54, 1.807) is 0 Å². The second-order valence-corrected chi connectivity index (χ2v) is 13.1. The number of hydrogen-bond donors (Lipinski definition) is 0. The van der Waals surface area contributed by atoms with E-state index < -0.39 is 0 Å². The third kappa shape index (κ3) is 6.52. The van der Waals surface area contributed by atoms with E-state index in [2.05, 4.69) is 98.8 Å². The van der Waals surface area contributed by atoms with Crippen LogP contribution in [0.5, 0.6) is 0 Å². The van der Waals surface area contributed by atoms with Gasteiger partial charge in [0, 0.05) is 33.6 Å². The van der Waals surface area contributed by atoms with Crippen LogP contribution >= 0.6 is 0 Å². The molecule has 2 heterocycles. The fraction of sp³-hybridized carbons (Fsp3) is 0.0851. The van der Waals surface area contributed by atoms with E-state index in [4.69, 9.17) is 24.9 Å². The van der Waals surface area contributed by atoms with Crippen LogP contribution in [0.25, 0.3) is 84.7 Å². The number of aryl methyl sites for hydroxylation is 3. The average Bonchev–Trinajstić information content (AvgIpc) is 3.18. The third-order valence-electron chi connectivity index (χ3n) is 9.27. The second-order valence-electron chi connectivity index (χ2n) is 13.1. The van der Waals surface area contributed by atoms with Crippen molar-refractivity contribution in [1.82, 2.24) is 24.9 Å². The summed E-state index contributed by atoms with van der Waals surface area (Å²) in [6.07, 6.45) is 4.33. The number of nitrogens with zero attached hydrogens (tertiary/aromatic N) is 5. The Morgan fingerprint density at radius 1 is 0.404 bits per heavy atom. The predicted molar refractivity (Wildman–Crippen MR) is 214 cm³/mol. The Morgan fingerprint density at radius 2 is 0.885 bits per heavy atom. The van der Waals surface area contributed by atoms with E-state index in [0.29, 0.717) is 17.5 Å². The number of hydrogen-bond acceptors (Lipinski definition) is 5. The Morgan fingerprint density at radius 3 is 1.50 bits per heavy atom. The van der Waals surface area contributed by atoms with Crippen LogP contribution in [0.3, 0.4) is 0 Å². The summed E-state index contributed by atoms with van der Waals surface area (Å²) in [7, 11) is 0. The van der Waals surface area contributed by atoms with Gasteiger partial charge in [-0.25, -0.2) is 24.9 Å². The highest BCUT2D eigenvalue weighted by molar-refractivity contribution is 6.03. The first kappa shape index (κ1) is 32.6. The van der Waals surface area contributed by atoms with Gasteiger partial charge in [0.05, 0.1) is 0 Å². The maximum Gasteiger partial charge on any atom is 0.164 e. The van der Waals surface area contributed by atoms with Gasteiger partial charge in [0.2, 0.25) is 0 Å². The highest BCUT2D eigenvalue weighted by Gasteiger charge is 2.18. The molecule has 0 fully saturated rings. The minimum Gasteiger partial charge on any atom is -0.233 e. The lowest BCUT2D eigenvalue weighted by Crippen LogP contribution is -2.01. The molecule has 0 radical (unpaired) electrons. The largest absolute Gasteiger partial charge is 0.233 e. The van der Waals surface area contributed by atoms with Crippen LogP contribution in [0.2, 0.25) is 0 Å². The van der Waals surface area contributed by atoms with Gasteiger partial charge in [-0.15, -0.1) is 0 Å². The fourth-order valence-corrected chi connectivity index (χ4v) is 6.87. The molecule has 0 saturated carbocycles. The summed E-state index contributed by atoms with van der Waals surface area (Å²) >= 11 is 0. The van der Waals surface area contributed by atoms with E-state index in [0.717, 1.165) is 56.2 Å². The molecule has 8 rings (SSSR count). The zero-order valence-electron chi connectivity index (χ0n) is 29.7. The molecule has 0 aliphatic rings. The van der Waals surface area contributed by atoms with E-state index >= 15 is 0 Å². The average molecular weight is 672 g/mol. The van der Waals surface area contributed by atoms with Gasteiger partial charge in [-0.2, -0.15) is 0 Å². The van der Waals surface area contributed by atoms with Gasteiger partial charge in [0.15, 0.2) is 23.3 Å². The standard InChI is InChI=1S/C47H37N5/c1-5-14-41-30(2)25-37-19-12-13-20-42(37)43(41)39-27-38(33-21-23-36(24-22-33)44-48-31(3)26-32(4)49-44)28-40(29-39)47-51-45(34-15-8-6-9-16-34)50-46(52-47)35-17-10-7-11-18-35/h5-29H,1-4H3/b14-5-. The molecule has 0 bridgehead atoms. The van der Waals surface area contributed by atoms with E-state index in [9.17, 15) is 0 Å². The Kier molecular flexibility index (Phi) is 8.76. The molecule has 8 aromatic rings. The van der Waals surface area contributed by atoms with Gasteiger partial charge < -0.3 is 0 Å². The maximum atomic E-state index is 5.13. The first-order valence-corrected chi connectivity index (χ1v) is 17.5. The van der Waals surface area contributed by atoms with Gasteiger partial charge >= 0.3 is 0 Å². The van der Waals surface area contributed by atoms with Crippen molar-refractivity contribution >= 4 is 16.8 Å². The Balaban J connectivity index is 1.38. The van der Waals surface area contributed by atoms with Crippen molar-refractivity contribution in [2.75, 3.05) is 0 Å². The smallest absolute Gasteiger partial charge is 0.164 e. The molecule has 52 heavy (non-hydrogen) atoms. The van der Waals surface area contributed by atoms with Crippen LogP contribution in [0.1, 0.15) is 29.4 Å². The van der Waals surface area contributed by atoms with Crippen molar-refractivity contribution in [3.05, 3.63) is 168 Å². The molecular formula is C47H37N5. The lowest BCUT2D eigenvalue weighted by Gasteiger charge is -2.17. The Hall–Kier alpha value is -6.59. The van der Waals surface area contributed by atoms with Gasteiger partial charge in [0.1, 0.15) is 0 Å². The van der Waals surface area contributed by atoms with Gasteiger partial charge in [-0.1, -0.05) is 127 Å². The topological polar surface area (TPSA) is 64.5 Å². The van der Waals surface area contributed by atoms with E-state index in [1.165, 1.54) is 27.5 Å². The summed E-state index contributed by atoms with van der Waals surface area (Å²) < 4.78 is 0. The lowest BCUT2D eigenvalue weighted by atomic mass is 9.87. The number of aromatic nitrogens is 5. The van der Waals surface area contributed by atoms with Crippen molar-refractivity contribution in [3.8, 4) is 67.8 Å². The van der Waals surface area contributed by atoms with Crippen molar-refractivity contribution in [2.24, 2.45) is 0 Å². The molecule has 5 nitrogen and oxygen atoms in total. The number of fused-ring (bicyclic) bond motifs is 1. The highest BCUT2D eigenvalue weighted by Crippen LogP contribution is 2.40. The molecule has 0 aliphatic heterocycles. The molecule has 6 aromatic carbocycles. The van der Waals surface area contributed by atoms with Crippen LogP contribution in [0.15, 0.2) is 146 Å². The number of allylic oxidation sites excluding steroid dienone is 1. The van der Waals surface area contributed by atoms with Crippen LogP contribution in [-0.4, -0.2) is 24.9 Å². The quantitative estimate of drug-likeness (QED) is 0.169. The van der Waals surface area contributed by atoms with Crippen LogP contribution in [-0.2, 0) is 0 Å². The molecule has 0 atom stereocenters. The van der Waals surface area contributed by atoms with Crippen molar-refractivity contribution in [1.29, 1.82) is 0 Å². The summed E-state index contributed by atoms with van der Waals surface area (Å²) in [6, 6.07) is 48.3. The summed E-state index contributed by atoms with van der Waals surface area (Å²) in [5, 5.41) is 2.39. The van der Waals surface area contributed by atoms with E-state index in [1.807, 2.05) is 80.6 Å². The van der Waals surface area contributed by atoms with Gasteiger partial charge in [-0.3, -0.25) is 0 Å². The first-order valence-electron chi connectivity index (χ1n) is 17.5. The Bertz CT molecular complexity index is 2510. The monoisotopic (exact) mass is 671 g/mol. The molecule has 0 N–H and O–H groups in total. The predicted octanol–water partition coefficient (Wildman–Crippen LogP) is 11.8. The van der Waals surface area contributed by atoms with E-state index in [-0.39, 0.29) is 0 Å². The zero-order chi connectivity index (χ0) is 35.6. The van der Waals surface area contributed by atoms with Crippen molar-refractivity contribution in [3.63, 3.8) is 0 Å². The summed E-state index contributed by atoms with van der Waals surface area (Å²) in [4.78, 5) is 24.6. The van der Waals surface area contributed by atoms with Gasteiger partial charge in [-0.05, 0) is 96.1 Å². The SMILES string of the molecule is C/C=C\c1c(C)cc2ccccc2c1-c1cc(-c2ccc(-c3nc(C)cc(C)n3)cc2)cc(-c2nc(-c3ccccc3)nc(-c3ccccc3)n2)c1.